The fourth-order valence-electron chi connectivity index (χ4n) is 3.41. The minimum absolute atomic E-state index is 0.0412. The Balaban J connectivity index is 1.56. The summed E-state index contributed by atoms with van der Waals surface area (Å²) in [6, 6.07) is 5.40. The number of carbonyl (C=O) groups excluding carboxylic acids is 1. The maximum atomic E-state index is 12.8. The van der Waals surface area contributed by atoms with Crippen LogP contribution in [-0.4, -0.2) is 42.0 Å². The standard InChI is InChI=1S/C18H21N5O3/c1-11-8-14(12(2)26-11)18(25)22-6-7-23-13(10-22)9-15(20-23)17(24)16-4-5-19-21(16)3/h4-5,8-9,17,24H,6-7,10H2,1-3H3/t17-/m1/s1. The quantitative estimate of drug-likeness (QED) is 0.770. The molecule has 0 aromatic carbocycles. The lowest BCUT2D eigenvalue weighted by molar-refractivity contribution is 0.0704. The van der Waals surface area contributed by atoms with Crippen LogP contribution in [0, 0.1) is 13.8 Å². The lowest BCUT2D eigenvalue weighted by atomic mass is 10.1. The van der Waals surface area contributed by atoms with E-state index in [9.17, 15) is 9.90 Å². The number of hydrogen-bond acceptors (Lipinski definition) is 5. The van der Waals surface area contributed by atoms with Crippen LogP contribution in [0.25, 0.3) is 0 Å². The molecule has 26 heavy (non-hydrogen) atoms. The van der Waals surface area contributed by atoms with E-state index in [1.807, 2.05) is 17.7 Å². The third kappa shape index (κ3) is 2.72. The minimum Gasteiger partial charge on any atom is -0.466 e. The molecule has 0 saturated carbocycles. The first-order valence-corrected chi connectivity index (χ1v) is 8.53. The van der Waals surface area contributed by atoms with Crippen molar-refractivity contribution in [2.45, 2.75) is 33.0 Å². The van der Waals surface area contributed by atoms with Crippen LogP contribution in [0.3, 0.4) is 0 Å². The van der Waals surface area contributed by atoms with Gasteiger partial charge in [-0.1, -0.05) is 0 Å². The van der Waals surface area contributed by atoms with Crippen molar-refractivity contribution in [3.8, 4) is 0 Å². The molecule has 4 rings (SSSR count). The molecule has 1 aliphatic heterocycles. The first kappa shape index (κ1) is 16.6. The molecule has 0 fully saturated rings. The summed E-state index contributed by atoms with van der Waals surface area (Å²) < 4.78 is 8.96. The summed E-state index contributed by atoms with van der Waals surface area (Å²) in [7, 11) is 1.78. The van der Waals surface area contributed by atoms with E-state index in [2.05, 4.69) is 10.2 Å². The molecule has 136 valence electrons. The Kier molecular flexibility index (Phi) is 3.91. The van der Waals surface area contributed by atoms with Gasteiger partial charge in [-0.3, -0.25) is 14.2 Å². The Morgan fingerprint density at radius 2 is 2.12 bits per heavy atom. The van der Waals surface area contributed by atoms with Gasteiger partial charge in [-0.2, -0.15) is 10.2 Å². The number of fused-ring (bicyclic) bond motifs is 1. The zero-order valence-corrected chi connectivity index (χ0v) is 15.0. The predicted molar refractivity (Wildman–Crippen MR) is 92.4 cm³/mol. The Labute approximate surface area is 150 Å². The Bertz CT molecular complexity index is 968. The van der Waals surface area contributed by atoms with Crippen LogP contribution in [-0.2, 0) is 20.1 Å². The predicted octanol–water partition coefficient (Wildman–Crippen LogP) is 1.56. The topological polar surface area (TPSA) is 89.3 Å². The number of nitrogens with zero attached hydrogens (tertiary/aromatic N) is 5. The minimum atomic E-state index is -0.844. The summed E-state index contributed by atoms with van der Waals surface area (Å²) in [4.78, 5) is 14.6. The van der Waals surface area contributed by atoms with Gasteiger partial charge in [-0.25, -0.2) is 0 Å². The second-order valence-corrected chi connectivity index (χ2v) is 6.62. The molecule has 0 bridgehead atoms. The van der Waals surface area contributed by atoms with E-state index < -0.39 is 6.10 Å². The van der Waals surface area contributed by atoms with Crippen LogP contribution in [0.1, 0.15) is 45.1 Å². The third-order valence-electron chi connectivity index (χ3n) is 4.79. The van der Waals surface area contributed by atoms with Crippen molar-refractivity contribution in [1.82, 2.24) is 24.5 Å². The van der Waals surface area contributed by atoms with Crippen LogP contribution in [0.15, 0.2) is 28.8 Å². The highest BCUT2D eigenvalue weighted by molar-refractivity contribution is 5.95. The number of aliphatic hydroxyl groups is 1. The average molecular weight is 355 g/mol. The van der Waals surface area contributed by atoms with Gasteiger partial charge in [0.15, 0.2) is 0 Å². The van der Waals surface area contributed by atoms with E-state index in [1.165, 1.54) is 0 Å². The van der Waals surface area contributed by atoms with Crippen molar-refractivity contribution in [2.24, 2.45) is 7.05 Å². The monoisotopic (exact) mass is 355 g/mol. The molecule has 1 N–H and O–H groups in total. The molecule has 8 nitrogen and oxygen atoms in total. The van der Waals surface area contributed by atoms with Crippen LogP contribution < -0.4 is 0 Å². The molecule has 1 amide bonds. The second kappa shape index (κ2) is 6.14. The highest BCUT2D eigenvalue weighted by Gasteiger charge is 2.27. The molecule has 0 aliphatic carbocycles. The van der Waals surface area contributed by atoms with Crippen molar-refractivity contribution in [2.75, 3.05) is 6.54 Å². The molecule has 8 heteroatoms. The molecule has 0 unspecified atom stereocenters. The van der Waals surface area contributed by atoms with Crippen molar-refractivity contribution in [3.63, 3.8) is 0 Å². The van der Waals surface area contributed by atoms with Crippen molar-refractivity contribution in [3.05, 3.63) is 58.6 Å². The van der Waals surface area contributed by atoms with Crippen LogP contribution in [0.2, 0.25) is 0 Å². The number of aromatic nitrogens is 4. The number of rotatable bonds is 3. The van der Waals surface area contributed by atoms with Crippen molar-refractivity contribution < 1.29 is 14.3 Å². The molecule has 0 spiro atoms. The number of hydrogen-bond donors (Lipinski definition) is 1. The van der Waals surface area contributed by atoms with Crippen LogP contribution in [0.5, 0.6) is 0 Å². The number of aryl methyl sites for hydroxylation is 3. The maximum Gasteiger partial charge on any atom is 0.257 e. The summed E-state index contributed by atoms with van der Waals surface area (Å²) in [6.07, 6.45) is 0.799. The number of aliphatic hydroxyl groups excluding tert-OH is 1. The van der Waals surface area contributed by atoms with Gasteiger partial charge in [0.05, 0.1) is 35.7 Å². The van der Waals surface area contributed by atoms with Gasteiger partial charge >= 0.3 is 0 Å². The average Bonchev–Trinajstić information content (AvgIpc) is 3.31. The molecule has 0 radical (unpaired) electrons. The summed E-state index contributed by atoms with van der Waals surface area (Å²) in [6.45, 7) is 5.25. The van der Waals surface area contributed by atoms with Gasteiger partial charge in [-0.05, 0) is 32.0 Å². The van der Waals surface area contributed by atoms with E-state index in [4.69, 9.17) is 4.42 Å². The van der Waals surface area contributed by atoms with Crippen molar-refractivity contribution >= 4 is 5.91 Å². The first-order valence-electron chi connectivity index (χ1n) is 8.53. The first-order chi connectivity index (χ1) is 12.4. The summed E-state index contributed by atoms with van der Waals surface area (Å²) in [5.41, 5.74) is 2.75. The fourth-order valence-corrected chi connectivity index (χ4v) is 3.41. The van der Waals surface area contributed by atoms with E-state index in [0.29, 0.717) is 42.3 Å². The Morgan fingerprint density at radius 1 is 1.31 bits per heavy atom. The molecule has 0 saturated heterocycles. The van der Waals surface area contributed by atoms with Crippen molar-refractivity contribution in [1.29, 1.82) is 0 Å². The van der Waals surface area contributed by atoms with Crippen LogP contribution in [0.4, 0.5) is 0 Å². The van der Waals surface area contributed by atoms with E-state index >= 15 is 0 Å². The highest BCUT2D eigenvalue weighted by atomic mass is 16.3. The van der Waals surface area contributed by atoms with E-state index in [1.54, 1.807) is 41.9 Å². The second-order valence-electron chi connectivity index (χ2n) is 6.62. The molecule has 1 atom stereocenters. The molecular weight excluding hydrogens is 334 g/mol. The van der Waals surface area contributed by atoms with E-state index in [-0.39, 0.29) is 5.91 Å². The fraction of sp³-hybridized carbons (Fsp3) is 0.389. The van der Waals surface area contributed by atoms with Gasteiger partial charge < -0.3 is 14.4 Å². The lowest BCUT2D eigenvalue weighted by Crippen LogP contribution is -2.38. The van der Waals surface area contributed by atoms with Gasteiger partial charge in [0.1, 0.15) is 17.6 Å². The Hall–Kier alpha value is -2.87. The number of carbonyl (C=O) groups is 1. The zero-order valence-electron chi connectivity index (χ0n) is 15.0. The molecule has 4 heterocycles. The van der Waals surface area contributed by atoms with Crippen LogP contribution >= 0.6 is 0 Å². The normalized spacial score (nSPS) is 15.2. The number of furan rings is 1. The smallest absolute Gasteiger partial charge is 0.257 e. The van der Waals surface area contributed by atoms with Gasteiger partial charge in [-0.15, -0.1) is 0 Å². The summed E-state index contributed by atoms with van der Waals surface area (Å²) in [5, 5.41) is 19.2. The maximum absolute atomic E-state index is 12.8. The third-order valence-corrected chi connectivity index (χ3v) is 4.79. The van der Waals surface area contributed by atoms with Gasteiger partial charge in [0, 0.05) is 19.8 Å². The largest absolute Gasteiger partial charge is 0.466 e. The van der Waals surface area contributed by atoms with Gasteiger partial charge in [0.2, 0.25) is 0 Å². The molecule has 3 aromatic heterocycles. The SMILES string of the molecule is Cc1cc(C(=O)N2CCn3nc([C@@H](O)c4ccnn4C)cc3C2)c(C)o1. The van der Waals surface area contributed by atoms with Gasteiger partial charge in [0.25, 0.3) is 5.91 Å². The Morgan fingerprint density at radius 3 is 2.77 bits per heavy atom. The molecule has 1 aliphatic rings. The lowest BCUT2D eigenvalue weighted by Gasteiger charge is -2.27. The van der Waals surface area contributed by atoms with E-state index in [0.717, 1.165) is 11.5 Å². The molecular formula is C18H21N5O3. The molecule has 3 aromatic rings. The number of amides is 1. The highest BCUT2D eigenvalue weighted by Crippen LogP contribution is 2.24. The zero-order chi connectivity index (χ0) is 18.4. The summed E-state index contributed by atoms with van der Waals surface area (Å²) >= 11 is 0. The summed E-state index contributed by atoms with van der Waals surface area (Å²) in [5.74, 6) is 1.33.